The van der Waals surface area contributed by atoms with Gasteiger partial charge in [-0.1, -0.05) is 29.3 Å². The first-order chi connectivity index (χ1) is 6.67. The lowest BCUT2D eigenvalue weighted by Crippen LogP contribution is -2.42. The summed E-state index contributed by atoms with van der Waals surface area (Å²) < 4.78 is 0. The lowest BCUT2D eigenvalue weighted by molar-refractivity contribution is -0.126. The van der Waals surface area contributed by atoms with Gasteiger partial charge in [-0.2, -0.15) is 0 Å². The third-order valence-electron chi connectivity index (χ3n) is 3.70. The monoisotopic (exact) mass is 259 g/mol. The molecular weight excluding hydrogens is 242 g/mol. The molecule has 2 nitrogen and oxygen atoms in total. The lowest BCUT2D eigenvalue weighted by Gasteiger charge is -2.20. The van der Waals surface area contributed by atoms with Crippen molar-refractivity contribution in [2.45, 2.75) is 44.6 Å². The zero-order valence-electron chi connectivity index (χ0n) is 8.68. The minimum absolute atomic E-state index is 0.124. The largest absolute Gasteiger partial charge is 0.350 e. The van der Waals surface area contributed by atoms with Crippen molar-refractivity contribution in [2.24, 2.45) is 11.8 Å². The number of nitrogens with one attached hydrogen (secondary N) is 1. The van der Waals surface area contributed by atoms with Crippen molar-refractivity contribution < 1.29 is 4.79 Å². The van der Waals surface area contributed by atoms with E-state index in [1.165, 1.54) is 12.8 Å². The smallest absolute Gasteiger partial charge is 0.223 e. The molecule has 2 aliphatic carbocycles. The molecule has 2 fully saturated rings. The minimum atomic E-state index is 0.124. The van der Waals surface area contributed by atoms with Crippen LogP contribution in [0.5, 0.6) is 0 Å². The van der Waals surface area contributed by atoms with Crippen molar-refractivity contribution in [1.82, 2.24) is 5.32 Å². The van der Waals surface area contributed by atoms with Crippen molar-refractivity contribution in [1.29, 1.82) is 0 Å². The first-order valence-corrected chi connectivity index (χ1v) is 6.67. The molecule has 2 unspecified atom stereocenters. The Morgan fingerprint density at radius 2 is 2.21 bits per heavy atom. The Labute approximate surface area is 94.0 Å². The number of carbonyl (C=O) groups is 1. The SMILES string of the molecule is CC1CCCC1C(=O)NC1(CBr)CC1. The molecule has 0 aromatic rings. The summed E-state index contributed by atoms with van der Waals surface area (Å²) in [4.78, 5) is 11.9. The van der Waals surface area contributed by atoms with E-state index in [2.05, 4.69) is 28.2 Å². The highest BCUT2D eigenvalue weighted by Gasteiger charge is 2.44. The van der Waals surface area contributed by atoms with E-state index in [0.717, 1.165) is 24.6 Å². The third kappa shape index (κ3) is 1.97. The minimum Gasteiger partial charge on any atom is -0.350 e. The van der Waals surface area contributed by atoms with Crippen molar-refractivity contribution in [3.8, 4) is 0 Å². The molecule has 1 N–H and O–H groups in total. The van der Waals surface area contributed by atoms with Gasteiger partial charge >= 0.3 is 0 Å². The van der Waals surface area contributed by atoms with Crippen molar-refractivity contribution in [2.75, 3.05) is 5.33 Å². The average molecular weight is 260 g/mol. The predicted molar refractivity (Wildman–Crippen MR) is 60.4 cm³/mol. The molecule has 0 aromatic heterocycles. The highest BCUT2D eigenvalue weighted by molar-refractivity contribution is 9.09. The number of carbonyl (C=O) groups excluding carboxylic acids is 1. The average Bonchev–Trinajstić information content (AvgIpc) is 2.80. The first kappa shape index (κ1) is 10.5. The zero-order chi connectivity index (χ0) is 10.2. The number of alkyl halides is 1. The van der Waals surface area contributed by atoms with E-state index in [9.17, 15) is 4.79 Å². The number of hydrogen-bond acceptors (Lipinski definition) is 1. The highest BCUT2D eigenvalue weighted by atomic mass is 79.9. The molecule has 0 radical (unpaired) electrons. The summed E-state index contributed by atoms with van der Waals surface area (Å²) in [5.41, 5.74) is 0.124. The molecule has 1 amide bonds. The van der Waals surface area contributed by atoms with E-state index < -0.39 is 0 Å². The first-order valence-electron chi connectivity index (χ1n) is 5.55. The summed E-state index contributed by atoms with van der Waals surface area (Å²) in [5, 5.41) is 4.11. The molecule has 2 rings (SSSR count). The fraction of sp³-hybridized carbons (Fsp3) is 0.909. The van der Waals surface area contributed by atoms with Crippen LogP contribution in [0, 0.1) is 11.8 Å². The maximum Gasteiger partial charge on any atom is 0.223 e. The van der Waals surface area contributed by atoms with Gasteiger partial charge in [0.05, 0.1) is 0 Å². The van der Waals surface area contributed by atoms with E-state index in [1.54, 1.807) is 0 Å². The summed E-state index contributed by atoms with van der Waals surface area (Å²) in [6.07, 6.45) is 5.82. The van der Waals surface area contributed by atoms with Gasteiger partial charge in [0.1, 0.15) is 0 Å². The second-order valence-electron chi connectivity index (χ2n) is 4.92. The molecule has 0 spiro atoms. The quantitative estimate of drug-likeness (QED) is 0.776. The number of hydrogen-bond donors (Lipinski definition) is 1. The van der Waals surface area contributed by atoms with Crippen LogP contribution in [0.15, 0.2) is 0 Å². The lowest BCUT2D eigenvalue weighted by atomic mass is 9.97. The van der Waals surface area contributed by atoms with Gasteiger partial charge in [0.15, 0.2) is 0 Å². The Morgan fingerprint density at radius 3 is 2.64 bits per heavy atom. The van der Waals surface area contributed by atoms with E-state index in [0.29, 0.717) is 11.8 Å². The molecule has 2 atom stereocenters. The van der Waals surface area contributed by atoms with Crippen molar-refractivity contribution in [3.63, 3.8) is 0 Å². The van der Waals surface area contributed by atoms with Gasteiger partial charge in [-0.3, -0.25) is 4.79 Å². The Kier molecular flexibility index (Phi) is 2.87. The van der Waals surface area contributed by atoms with Crippen LogP contribution in [0.25, 0.3) is 0 Å². The van der Waals surface area contributed by atoms with Crippen LogP contribution in [0.3, 0.4) is 0 Å². The van der Waals surface area contributed by atoms with Gasteiger partial charge in [-0.15, -0.1) is 0 Å². The fourth-order valence-corrected chi connectivity index (χ4v) is 3.03. The molecule has 3 heteroatoms. The molecule has 0 heterocycles. The molecular formula is C11H18BrNO. The molecule has 2 saturated carbocycles. The Hall–Kier alpha value is -0.0500. The standard InChI is InChI=1S/C11H18BrNO/c1-8-3-2-4-9(8)10(14)13-11(7-12)5-6-11/h8-9H,2-7H2,1H3,(H,13,14). The van der Waals surface area contributed by atoms with E-state index in [4.69, 9.17) is 0 Å². The molecule has 0 saturated heterocycles. The number of amides is 1. The van der Waals surface area contributed by atoms with Crippen LogP contribution in [0.1, 0.15) is 39.0 Å². The van der Waals surface area contributed by atoms with Gasteiger partial charge in [0.25, 0.3) is 0 Å². The molecule has 2 aliphatic rings. The van der Waals surface area contributed by atoms with Crippen LogP contribution in [-0.4, -0.2) is 16.8 Å². The van der Waals surface area contributed by atoms with Crippen LogP contribution < -0.4 is 5.32 Å². The van der Waals surface area contributed by atoms with E-state index in [1.807, 2.05) is 0 Å². The molecule has 0 aliphatic heterocycles. The second kappa shape index (κ2) is 3.84. The summed E-state index contributed by atoms with van der Waals surface area (Å²) in [6, 6.07) is 0. The van der Waals surface area contributed by atoms with Crippen LogP contribution >= 0.6 is 15.9 Å². The summed E-state index contributed by atoms with van der Waals surface area (Å²) >= 11 is 3.47. The van der Waals surface area contributed by atoms with Crippen LogP contribution in [0.2, 0.25) is 0 Å². The van der Waals surface area contributed by atoms with Gasteiger partial charge < -0.3 is 5.32 Å². The van der Waals surface area contributed by atoms with E-state index in [-0.39, 0.29) is 11.5 Å². The maximum atomic E-state index is 11.9. The summed E-state index contributed by atoms with van der Waals surface area (Å²) in [7, 11) is 0. The molecule has 80 valence electrons. The van der Waals surface area contributed by atoms with Crippen molar-refractivity contribution >= 4 is 21.8 Å². The number of rotatable bonds is 3. The summed E-state index contributed by atoms with van der Waals surface area (Å²) in [5.74, 6) is 1.17. The Bertz CT molecular complexity index is 237. The Balaban J connectivity index is 1.89. The zero-order valence-corrected chi connectivity index (χ0v) is 10.3. The molecule has 0 bridgehead atoms. The van der Waals surface area contributed by atoms with Crippen LogP contribution in [0.4, 0.5) is 0 Å². The van der Waals surface area contributed by atoms with Gasteiger partial charge in [0.2, 0.25) is 5.91 Å². The predicted octanol–water partition coefficient (Wildman–Crippen LogP) is 2.47. The Morgan fingerprint density at radius 1 is 1.50 bits per heavy atom. The summed E-state index contributed by atoms with van der Waals surface area (Å²) in [6.45, 7) is 2.20. The van der Waals surface area contributed by atoms with Gasteiger partial charge in [-0.05, 0) is 31.6 Å². The van der Waals surface area contributed by atoms with Gasteiger partial charge in [0, 0.05) is 16.8 Å². The normalized spacial score (nSPS) is 34.1. The van der Waals surface area contributed by atoms with Crippen molar-refractivity contribution in [3.05, 3.63) is 0 Å². The number of halogens is 1. The molecule has 14 heavy (non-hydrogen) atoms. The topological polar surface area (TPSA) is 29.1 Å². The van der Waals surface area contributed by atoms with E-state index >= 15 is 0 Å². The van der Waals surface area contributed by atoms with Gasteiger partial charge in [-0.25, -0.2) is 0 Å². The maximum absolute atomic E-state index is 11.9. The molecule has 0 aromatic carbocycles. The second-order valence-corrected chi connectivity index (χ2v) is 5.48. The highest BCUT2D eigenvalue weighted by Crippen LogP contribution is 2.39. The van der Waals surface area contributed by atoms with Crippen LogP contribution in [-0.2, 0) is 4.79 Å². The third-order valence-corrected chi connectivity index (χ3v) is 4.77. The fourth-order valence-electron chi connectivity index (χ4n) is 2.33.